The van der Waals surface area contributed by atoms with Crippen molar-refractivity contribution in [3.05, 3.63) is 33.9 Å². The van der Waals surface area contributed by atoms with Gasteiger partial charge < -0.3 is 15.1 Å². The Balaban J connectivity index is 2.23. The van der Waals surface area contributed by atoms with Crippen LogP contribution in [0.2, 0.25) is 0 Å². The zero-order chi connectivity index (χ0) is 15.6. The van der Waals surface area contributed by atoms with Crippen LogP contribution >= 0.6 is 0 Å². The van der Waals surface area contributed by atoms with Crippen molar-refractivity contribution in [3.8, 4) is 0 Å². The Morgan fingerprint density at radius 1 is 1.43 bits per heavy atom. The smallest absolute Gasteiger partial charge is 0.293 e. The van der Waals surface area contributed by atoms with Gasteiger partial charge in [-0.15, -0.1) is 0 Å². The molecule has 1 aliphatic rings. The summed E-state index contributed by atoms with van der Waals surface area (Å²) in [6.07, 6.45) is 0. The Morgan fingerprint density at radius 3 is 2.71 bits per heavy atom. The van der Waals surface area contributed by atoms with Crippen molar-refractivity contribution >= 4 is 17.3 Å². The van der Waals surface area contributed by atoms with E-state index in [4.69, 9.17) is 0 Å². The zero-order valence-corrected chi connectivity index (χ0v) is 12.5. The fourth-order valence-electron chi connectivity index (χ4n) is 2.44. The van der Waals surface area contributed by atoms with Crippen molar-refractivity contribution in [1.82, 2.24) is 9.80 Å². The van der Waals surface area contributed by atoms with Crippen molar-refractivity contribution in [1.29, 1.82) is 0 Å². The maximum absolute atomic E-state index is 12.5. The van der Waals surface area contributed by atoms with Crippen LogP contribution in [0.4, 0.5) is 11.4 Å². The minimum Gasteiger partial charge on any atom is -0.383 e. The highest BCUT2D eigenvalue weighted by Gasteiger charge is 2.26. The van der Waals surface area contributed by atoms with Crippen LogP contribution < -0.4 is 5.32 Å². The van der Waals surface area contributed by atoms with Gasteiger partial charge in [-0.2, -0.15) is 0 Å². The minimum atomic E-state index is -0.477. The number of nitrogens with one attached hydrogen (secondary N) is 1. The Labute approximate surface area is 123 Å². The summed E-state index contributed by atoms with van der Waals surface area (Å²) in [5.74, 6) is -0.152. The molecule has 0 aliphatic carbocycles. The topological polar surface area (TPSA) is 78.7 Å². The van der Waals surface area contributed by atoms with Crippen molar-refractivity contribution < 1.29 is 9.72 Å². The van der Waals surface area contributed by atoms with E-state index in [1.807, 2.05) is 7.05 Å². The van der Waals surface area contributed by atoms with Crippen molar-refractivity contribution in [2.75, 3.05) is 39.0 Å². The molecule has 1 aromatic carbocycles. The second kappa shape index (κ2) is 6.09. The number of nitro groups is 1. The van der Waals surface area contributed by atoms with Crippen LogP contribution in [0.1, 0.15) is 17.3 Å². The van der Waals surface area contributed by atoms with Crippen LogP contribution in [-0.2, 0) is 0 Å². The molecule has 7 heteroatoms. The molecule has 2 rings (SSSR count). The van der Waals surface area contributed by atoms with E-state index in [1.54, 1.807) is 24.1 Å². The molecule has 1 atom stereocenters. The van der Waals surface area contributed by atoms with Gasteiger partial charge in [0.25, 0.3) is 11.6 Å². The maximum atomic E-state index is 12.5. The lowest BCUT2D eigenvalue weighted by atomic mass is 10.1. The van der Waals surface area contributed by atoms with E-state index in [0.29, 0.717) is 24.3 Å². The van der Waals surface area contributed by atoms with Crippen LogP contribution in [0.15, 0.2) is 18.2 Å². The molecule has 1 heterocycles. The summed E-state index contributed by atoms with van der Waals surface area (Å²) in [5.41, 5.74) is 0.686. The first-order chi connectivity index (χ1) is 9.93. The van der Waals surface area contributed by atoms with Gasteiger partial charge in [0, 0.05) is 44.4 Å². The Kier molecular flexibility index (Phi) is 4.42. The van der Waals surface area contributed by atoms with Gasteiger partial charge >= 0.3 is 0 Å². The summed E-state index contributed by atoms with van der Waals surface area (Å²) < 4.78 is 0. The molecule has 1 amide bonds. The number of amides is 1. The second-order valence-corrected chi connectivity index (χ2v) is 5.32. The number of nitro benzene ring substituents is 1. The number of anilines is 1. The summed E-state index contributed by atoms with van der Waals surface area (Å²) in [7, 11) is 3.64. The Morgan fingerprint density at radius 2 is 2.14 bits per heavy atom. The number of nitrogens with zero attached hydrogens (tertiary/aromatic N) is 3. The van der Waals surface area contributed by atoms with Gasteiger partial charge in [0.15, 0.2) is 0 Å². The molecule has 1 fully saturated rings. The molecular formula is C14H20N4O3. The molecule has 1 aromatic rings. The zero-order valence-electron chi connectivity index (χ0n) is 12.5. The molecule has 1 unspecified atom stereocenters. The number of hydrogen-bond acceptors (Lipinski definition) is 5. The van der Waals surface area contributed by atoms with E-state index in [9.17, 15) is 14.9 Å². The molecule has 0 spiro atoms. The lowest BCUT2D eigenvalue weighted by Crippen LogP contribution is -2.52. The number of benzene rings is 1. The highest BCUT2D eigenvalue weighted by atomic mass is 16.6. The summed E-state index contributed by atoms with van der Waals surface area (Å²) in [6.45, 7) is 4.15. The van der Waals surface area contributed by atoms with Crippen LogP contribution in [0.25, 0.3) is 0 Å². The van der Waals surface area contributed by atoms with Crippen LogP contribution in [0.5, 0.6) is 0 Å². The molecular weight excluding hydrogens is 272 g/mol. The third-order valence-electron chi connectivity index (χ3n) is 3.96. The molecule has 1 aliphatic heterocycles. The molecule has 21 heavy (non-hydrogen) atoms. The van der Waals surface area contributed by atoms with E-state index in [0.717, 1.165) is 6.54 Å². The molecule has 1 N–H and O–H groups in total. The number of likely N-dealkylation sites (N-methyl/N-ethyl adjacent to an activating group) is 1. The summed E-state index contributed by atoms with van der Waals surface area (Å²) in [5, 5.41) is 13.8. The molecule has 0 saturated carbocycles. The standard InChI is InChI=1S/C14H20N4O3/c1-10-9-17(7-6-16(10)3)14(19)11-4-5-12(15-2)13(8-11)18(20)21/h4-5,8,10,15H,6-7,9H2,1-3H3. The summed E-state index contributed by atoms with van der Waals surface area (Å²) in [6, 6.07) is 4.83. The van der Waals surface area contributed by atoms with E-state index < -0.39 is 4.92 Å². The van der Waals surface area contributed by atoms with Gasteiger partial charge in [-0.05, 0) is 26.1 Å². The van der Waals surface area contributed by atoms with Crippen LogP contribution in [0.3, 0.4) is 0 Å². The van der Waals surface area contributed by atoms with Crippen LogP contribution in [-0.4, -0.2) is 60.4 Å². The first-order valence-corrected chi connectivity index (χ1v) is 6.89. The number of hydrogen-bond donors (Lipinski definition) is 1. The van der Waals surface area contributed by atoms with Gasteiger partial charge in [0.2, 0.25) is 0 Å². The number of piperazine rings is 1. The third kappa shape index (κ3) is 3.13. The lowest BCUT2D eigenvalue weighted by Gasteiger charge is -2.37. The predicted octanol–water partition coefficient (Wildman–Crippen LogP) is 1.41. The van der Waals surface area contributed by atoms with Gasteiger partial charge in [-0.3, -0.25) is 14.9 Å². The summed E-state index contributed by atoms with van der Waals surface area (Å²) >= 11 is 0. The quantitative estimate of drug-likeness (QED) is 0.673. The normalized spacial score (nSPS) is 19.4. The highest BCUT2D eigenvalue weighted by Crippen LogP contribution is 2.26. The summed E-state index contributed by atoms with van der Waals surface area (Å²) in [4.78, 5) is 27.0. The monoisotopic (exact) mass is 292 g/mol. The average molecular weight is 292 g/mol. The Bertz CT molecular complexity index is 561. The van der Waals surface area contributed by atoms with Gasteiger partial charge in [0.05, 0.1) is 4.92 Å². The predicted molar refractivity (Wildman–Crippen MR) is 80.6 cm³/mol. The molecule has 1 saturated heterocycles. The molecule has 0 radical (unpaired) electrons. The van der Waals surface area contributed by atoms with E-state index >= 15 is 0 Å². The molecule has 0 aromatic heterocycles. The lowest BCUT2D eigenvalue weighted by molar-refractivity contribution is -0.384. The second-order valence-electron chi connectivity index (χ2n) is 5.32. The van der Waals surface area contributed by atoms with E-state index in [2.05, 4.69) is 17.1 Å². The van der Waals surface area contributed by atoms with Gasteiger partial charge in [0.1, 0.15) is 5.69 Å². The maximum Gasteiger partial charge on any atom is 0.293 e. The largest absolute Gasteiger partial charge is 0.383 e. The number of rotatable bonds is 3. The van der Waals surface area contributed by atoms with Gasteiger partial charge in [-0.1, -0.05) is 0 Å². The van der Waals surface area contributed by atoms with E-state index in [1.165, 1.54) is 6.07 Å². The first-order valence-electron chi connectivity index (χ1n) is 6.89. The molecule has 0 bridgehead atoms. The molecule has 114 valence electrons. The SMILES string of the molecule is CNc1ccc(C(=O)N2CCN(C)C(C)C2)cc1[N+](=O)[O-]. The number of carbonyl (C=O) groups excluding carboxylic acids is 1. The third-order valence-corrected chi connectivity index (χ3v) is 3.96. The Hall–Kier alpha value is -2.15. The van der Waals surface area contributed by atoms with E-state index in [-0.39, 0.29) is 17.6 Å². The van der Waals surface area contributed by atoms with Crippen molar-refractivity contribution in [2.24, 2.45) is 0 Å². The van der Waals surface area contributed by atoms with Crippen LogP contribution in [0, 0.1) is 10.1 Å². The van der Waals surface area contributed by atoms with Gasteiger partial charge in [-0.25, -0.2) is 0 Å². The highest BCUT2D eigenvalue weighted by molar-refractivity contribution is 5.95. The average Bonchev–Trinajstić information content (AvgIpc) is 2.48. The van der Waals surface area contributed by atoms with Crippen molar-refractivity contribution in [3.63, 3.8) is 0 Å². The number of carbonyl (C=O) groups is 1. The van der Waals surface area contributed by atoms with Crippen molar-refractivity contribution in [2.45, 2.75) is 13.0 Å². The fraction of sp³-hybridized carbons (Fsp3) is 0.500. The minimum absolute atomic E-state index is 0.0782. The first kappa shape index (κ1) is 15.2. The molecule has 7 nitrogen and oxygen atoms in total. The fourth-order valence-corrected chi connectivity index (χ4v) is 2.44.